The maximum absolute atomic E-state index is 13.0. The van der Waals surface area contributed by atoms with Gasteiger partial charge in [0.25, 0.3) is 10.0 Å². The minimum Gasteiger partial charge on any atom is -0.384 e. The molecule has 9 heteroatoms. The van der Waals surface area contributed by atoms with Crippen LogP contribution in [-0.2, 0) is 10.0 Å². The molecule has 0 bridgehead atoms. The maximum Gasteiger partial charge on any atom is 0.262 e. The van der Waals surface area contributed by atoms with E-state index in [0.717, 1.165) is 12.1 Å². The van der Waals surface area contributed by atoms with Crippen molar-refractivity contribution in [3.8, 4) is 0 Å². The third kappa shape index (κ3) is 3.12. The van der Waals surface area contributed by atoms with Gasteiger partial charge >= 0.3 is 0 Å². The van der Waals surface area contributed by atoms with Crippen LogP contribution in [0.4, 0.5) is 15.9 Å². The molecule has 0 aliphatic carbocycles. The van der Waals surface area contributed by atoms with Crippen LogP contribution in [-0.4, -0.2) is 13.4 Å². The van der Waals surface area contributed by atoms with Crippen molar-refractivity contribution >= 4 is 44.7 Å². The smallest absolute Gasteiger partial charge is 0.262 e. The lowest BCUT2D eigenvalue weighted by Gasteiger charge is -2.11. The van der Waals surface area contributed by atoms with Gasteiger partial charge in [-0.3, -0.25) is 4.72 Å². The lowest BCUT2D eigenvalue weighted by Crippen LogP contribution is -2.14. The zero-order valence-corrected chi connectivity index (χ0v) is 12.1. The number of sulfonamides is 1. The summed E-state index contributed by atoms with van der Waals surface area (Å²) >= 11 is 11.5. The average molecular weight is 336 g/mol. The second-order valence-electron chi connectivity index (χ2n) is 3.77. The van der Waals surface area contributed by atoms with Crippen LogP contribution in [0.2, 0.25) is 10.0 Å². The van der Waals surface area contributed by atoms with E-state index in [1.807, 2.05) is 0 Å². The van der Waals surface area contributed by atoms with Gasteiger partial charge in [0.15, 0.2) is 0 Å². The van der Waals surface area contributed by atoms with E-state index in [1.165, 1.54) is 18.3 Å². The molecule has 0 unspecified atom stereocenters. The molecule has 1 aromatic carbocycles. The molecule has 0 amide bonds. The van der Waals surface area contributed by atoms with E-state index in [0.29, 0.717) is 0 Å². The molecule has 0 aliphatic heterocycles. The molecule has 0 spiro atoms. The second kappa shape index (κ2) is 5.43. The fraction of sp³-hybridized carbons (Fsp3) is 0. The van der Waals surface area contributed by atoms with Crippen LogP contribution >= 0.6 is 23.2 Å². The molecule has 0 saturated heterocycles. The van der Waals surface area contributed by atoms with Gasteiger partial charge in [-0.15, -0.1) is 0 Å². The summed E-state index contributed by atoms with van der Waals surface area (Å²) in [5.74, 6) is -0.625. The molecule has 0 radical (unpaired) electrons. The summed E-state index contributed by atoms with van der Waals surface area (Å²) < 4.78 is 39.5. The molecule has 0 saturated carbocycles. The van der Waals surface area contributed by atoms with E-state index in [-0.39, 0.29) is 26.4 Å². The maximum atomic E-state index is 13.0. The van der Waals surface area contributed by atoms with Crippen molar-refractivity contribution in [1.29, 1.82) is 0 Å². The monoisotopic (exact) mass is 335 g/mol. The Labute approximate surface area is 124 Å². The second-order valence-corrected chi connectivity index (χ2v) is 6.26. The normalized spacial score (nSPS) is 11.3. The molecule has 1 heterocycles. The van der Waals surface area contributed by atoms with Crippen LogP contribution in [0.25, 0.3) is 0 Å². The SMILES string of the molecule is Nc1cc(S(=O)(=O)Nc2c(Cl)cc(F)cc2Cl)ccn1. The number of pyridine rings is 1. The third-order valence-electron chi connectivity index (χ3n) is 2.31. The van der Waals surface area contributed by atoms with E-state index in [2.05, 4.69) is 9.71 Å². The van der Waals surface area contributed by atoms with Crippen molar-refractivity contribution in [2.24, 2.45) is 0 Å². The van der Waals surface area contributed by atoms with Crippen LogP contribution in [0.5, 0.6) is 0 Å². The number of nitrogens with one attached hydrogen (secondary N) is 1. The highest BCUT2D eigenvalue weighted by molar-refractivity contribution is 7.92. The lowest BCUT2D eigenvalue weighted by molar-refractivity contribution is 0.601. The first-order valence-electron chi connectivity index (χ1n) is 5.18. The number of nitrogens with two attached hydrogens (primary N) is 1. The number of anilines is 2. The van der Waals surface area contributed by atoms with Gasteiger partial charge in [0.1, 0.15) is 11.6 Å². The molecule has 2 rings (SSSR count). The Balaban J connectivity index is 2.44. The zero-order chi connectivity index (χ0) is 14.9. The quantitative estimate of drug-likeness (QED) is 0.902. The predicted molar refractivity (Wildman–Crippen MR) is 75.9 cm³/mol. The number of hydrogen-bond acceptors (Lipinski definition) is 4. The summed E-state index contributed by atoms with van der Waals surface area (Å²) in [6.45, 7) is 0. The number of aromatic nitrogens is 1. The summed E-state index contributed by atoms with van der Waals surface area (Å²) in [4.78, 5) is 3.58. The summed E-state index contributed by atoms with van der Waals surface area (Å²) in [5, 5.41) is -0.304. The van der Waals surface area contributed by atoms with Gasteiger partial charge < -0.3 is 5.73 Å². The molecule has 0 fully saturated rings. The van der Waals surface area contributed by atoms with Gasteiger partial charge in [-0.1, -0.05) is 23.2 Å². The molecule has 2 aromatic rings. The topological polar surface area (TPSA) is 85.1 Å². The van der Waals surface area contributed by atoms with E-state index in [4.69, 9.17) is 28.9 Å². The number of benzene rings is 1. The van der Waals surface area contributed by atoms with Crippen molar-refractivity contribution in [3.63, 3.8) is 0 Å². The van der Waals surface area contributed by atoms with Crippen molar-refractivity contribution in [3.05, 3.63) is 46.3 Å². The van der Waals surface area contributed by atoms with E-state index >= 15 is 0 Å². The first-order valence-corrected chi connectivity index (χ1v) is 7.42. The van der Waals surface area contributed by atoms with Crippen molar-refractivity contribution < 1.29 is 12.8 Å². The van der Waals surface area contributed by atoms with Crippen molar-refractivity contribution in [2.75, 3.05) is 10.5 Å². The van der Waals surface area contributed by atoms with E-state index in [9.17, 15) is 12.8 Å². The van der Waals surface area contributed by atoms with Crippen molar-refractivity contribution in [1.82, 2.24) is 4.98 Å². The minimum absolute atomic E-state index is 0.0455. The Morgan fingerprint density at radius 1 is 1.20 bits per heavy atom. The van der Waals surface area contributed by atoms with E-state index in [1.54, 1.807) is 0 Å². The highest BCUT2D eigenvalue weighted by atomic mass is 35.5. The lowest BCUT2D eigenvalue weighted by atomic mass is 10.3. The number of halogens is 3. The highest BCUT2D eigenvalue weighted by Crippen LogP contribution is 2.33. The van der Waals surface area contributed by atoms with Crippen LogP contribution < -0.4 is 10.5 Å². The number of nitrogens with zero attached hydrogens (tertiary/aromatic N) is 1. The standard InChI is InChI=1S/C11H8Cl2FN3O2S/c12-8-3-6(14)4-9(13)11(8)17-20(18,19)7-1-2-16-10(15)5-7/h1-5,17H,(H2,15,16). The fourth-order valence-corrected chi connectivity index (χ4v) is 3.22. The van der Waals surface area contributed by atoms with E-state index < -0.39 is 15.8 Å². The minimum atomic E-state index is -3.96. The summed E-state index contributed by atoms with van der Waals surface area (Å²) in [7, 11) is -3.96. The number of rotatable bonds is 3. The van der Waals surface area contributed by atoms with Crippen LogP contribution in [0, 0.1) is 5.82 Å². The molecule has 0 aliphatic rings. The Hall–Kier alpha value is -1.57. The molecular formula is C11H8Cl2FN3O2S. The Morgan fingerprint density at radius 3 is 2.35 bits per heavy atom. The van der Waals surface area contributed by atoms with Gasteiger partial charge in [-0.2, -0.15) is 0 Å². The van der Waals surface area contributed by atoms with Gasteiger partial charge in [0.05, 0.1) is 20.6 Å². The molecule has 1 aromatic heterocycles. The average Bonchev–Trinajstić information content (AvgIpc) is 2.34. The largest absolute Gasteiger partial charge is 0.384 e. The zero-order valence-electron chi connectivity index (χ0n) is 9.77. The molecule has 20 heavy (non-hydrogen) atoms. The predicted octanol–water partition coefficient (Wildman–Crippen LogP) is 2.91. The highest BCUT2D eigenvalue weighted by Gasteiger charge is 2.19. The number of nitrogen functional groups attached to an aromatic ring is 1. The first-order chi connectivity index (χ1) is 9.29. The van der Waals surface area contributed by atoms with Crippen LogP contribution in [0.3, 0.4) is 0 Å². The Morgan fingerprint density at radius 2 is 1.80 bits per heavy atom. The molecule has 3 N–H and O–H groups in total. The third-order valence-corrected chi connectivity index (χ3v) is 4.25. The molecule has 106 valence electrons. The van der Waals surface area contributed by atoms with Gasteiger partial charge in [-0.05, 0) is 18.2 Å². The Kier molecular flexibility index (Phi) is 4.03. The summed E-state index contributed by atoms with van der Waals surface area (Å²) in [6.07, 6.45) is 1.25. The molecule has 5 nitrogen and oxygen atoms in total. The molecule has 0 atom stereocenters. The summed E-state index contributed by atoms with van der Waals surface area (Å²) in [6, 6.07) is 4.33. The fourth-order valence-electron chi connectivity index (χ4n) is 1.43. The van der Waals surface area contributed by atoms with Gasteiger partial charge in [-0.25, -0.2) is 17.8 Å². The van der Waals surface area contributed by atoms with Gasteiger partial charge in [0, 0.05) is 12.3 Å². The first kappa shape index (κ1) is 14.8. The molecular weight excluding hydrogens is 328 g/mol. The van der Waals surface area contributed by atoms with Crippen LogP contribution in [0.1, 0.15) is 0 Å². The summed E-state index contributed by atoms with van der Waals surface area (Å²) in [5.41, 5.74) is 5.32. The number of hydrogen-bond donors (Lipinski definition) is 2. The van der Waals surface area contributed by atoms with Gasteiger partial charge in [0.2, 0.25) is 0 Å². The Bertz CT molecular complexity index is 745. The van der Waals surface area contributed by atoms with Crippen LogP contribution in [0.15, 0.2) is 35.4 Å². The van der Waals surface area contributed by atoms with Crippen molar-refractivity contribution in [2.45, 2.75) is 4.90 Å².